The van der Waals surface area contributed by atoms with Gasteiger partial charge in [-0.2, -0.15) is 0 Å². The summed E-state index contributed by atoms with van der Waals surface area (Å²) in [7, 11) is -2.43. The van der Waals surface area contributed by atoms with Gasteiger partial charge in [0.05, 0.1) is 10.5 Å². The maximum atomic E-state index is 12.6. The highest BCUT2D eigenvalue weighted by atomic mass is 32.2. The maximum absolute atomic E-state index is 12.6. The summed E-state index contributed by atoms with van der Waals surface area (Å²) in [4.78, 5) is 14.2. The molecule has 0 fully saturated rings. The highest BCUT2D eigenvalue weighted by Gasteiger charge is 2.24. The summed E-state index contributed by atoms with van der Waals surface area (Å²) in [6, 6.07) is 4.33. The van der Waals surface area contributed by atoms with Gasteiger partial charge in [0.15, 0.2) is 0 Å². The summed E-state index contributed by atoms with van der Waals surface area (Å²) in [5.74, 6) is -0.285. The first-order chi connectivity index (χ1) is 9.87. The Balaban J connectivity index is 3.32. The van der Waals surface area contributed by atoms with Crippen molar-refractivity contribution < 1.29 is 13.2 Å². The number of nitrogens with two attached hydrogens (primary N) is 1. The van der Waals surface area contributed by atoms with E-state index in [0.29, 0.717) is 18.8 Å². The molecule has 0 radical (unpaired) electrons. The van der Waals surface area contributed by atoms with Crippen molar-refractivity contribution in [2.75, 3.05) is 25.9 Å². The number of rotatable bonds is 7. The van der Waals surface area contributed by atoms with Gasteiger partial charge in [-0.1, -0.05) is 13.8 Å². The number of benzene rings is 1. The molecule has 6 nitrogen and oxygen atoms in total. The largest absolute Gasteiger partial charge is 0.399 e. The van der Waals surface area contributed by atoms with Crippen molar-refractivity contribution in [3.05, 3.63) is 23.8 Å². The van der Waals surface area contributed by atoms with Crippen molar-refractivity contribution in [2.45, 2.75) is 31.6 Å². The van der Waals surface area contributed by atoms with E-state index in [1.807, 2.05) is 13.8 Å². The highest BCUT2D eigenvalue weighted by Crippen LogP contribution is 2.21. The van der Waals surface area contributed by atoms with E-state index >= 15 is 0 Å². The molecule has 0 spiro atoms. The monoisotopic (exact) mass is 313 g/mol. The molecule has 0 saturated carbocycles. The average molecular weight is 313 g/mol. The van der Waals surface area contributed by atoms with Gasteiger partial charge in [0.2, 0.25) is 10.0 Å². The Labute approximate surface area is 126 Å². The van der Waals surface area contributed by atoms with E-state index in [2.05, 4.69) is 4.72 Å². The molecule has 118 valence electrons. The Morgan fingerprint density at radius 1 is 1.24 bits per heavy atom. The van der Waals surface area contributed by atoms with Gasteiger partial charge in [-0.3, -0.25) is 4.79 Å². The lowest BCUT2D eigenvalue weighted by Crippen LogP contribution is -2.34. The summed E-state index contributed by atoms with van der Waals surface area (Å²) >= 11 is 0. The molecule has 0 aliphatic heterocycles. The minimum Gasteiger partial charge on any atom is -0.399 e. The normalized spacial score (nSPS) is 11.4. The molecule has 0 unspecified atom stereocenters. The van der Waals surface area contributed by atoms with Gasteiger partial charge < -0.3 is 10.6 Å². The van der Waals surface area contributed by atoms with E-state index < -0.39 is 10.0 Å². The zero-order valence-electron chi connectivity index (χ0n) is 12.7. The van der Waals surface area contributed by atoms with Gasteiger partial charge in [0, 0.05) is 18.8 Å². The molecule has 1 aromatic rings. The van der Waals surface area contributed by atoms with Crippen molar-refractivity contribution >= 4 is 21.6 Å². The molecule has 0 atom stereocenters. The Morgan fingerprint density at radius 2 is 1.81 bits per heavy atom. The number of anilines is 1. The van der Waals surface area contributed by atoms with Crippen LogP contribution in [0, 0.1) is 0 Å². The lowest BCUT2D eigenvalue weighted by atomic mass is 10.1. The van der Waals surface area contributed by atoms with Crippen LogP contribution >= 0.6 is 0 Å². The van der Waals surface area contributed by atoms with Crippen LogP contribution in [0.1, 0.15) is 37.0 Å². The Hall–Kier alpha value is -1.60. The standard InChI is InChI=1S/C14H23N3O3S/c1-4-8-17(9-5-2)14(18)12-7-6-11(15)10-13(12)21(19,20)16-3/h6-7,10,16H,4-5,8-9,15H2,1-3H3. The van der Waals surface area contributed by atoms with Crippen molar-refractivity contribution in [2.24, 2.45) is 0 Å². The Kier molecular flexibility index (Phi) is 6.17. The molecule has 21 heavy (non-hydrogen) atoms. The lowest BCUT2D eigenvalue weighted by molar-refractivity contribution is 0.0751. The van der Waals surface area contributed by atoms with Crippen LogP contribution in [0.25, 0.3) is 0 Å². The molecular weight excluding hydrogens is 290 g/mol. The lowest BCUT2D eigenvalue weighted by Gasteiger charge is -2.22. The summed E-state index contributed by atoms with van der Waals surface area (Å²) in [6.45, 7) is 5.14. The maximum Gasteiger partial charge on any atom is 0.255 e. The van der Waals surface area contributed by atoms with Crippen molar-refractivity contribution in [1.29, 1.82) is 0 Å². The van der Waals surface area contributed by atoms with Gasteiger partial charge in [-0.15, -0.1) is 0 Å². The van der Waals surface area contributed by atoms with Gasteiger partial charge in [0.1, 0.15) is 0 Å². The first-order valence-corrected chi connectivity index (χ1v) is 8.48. The molecule has 7 heteroatoms. The minimum atomic E-state index is -3.74. The molecule has 0 saturated heterocycles. The Bertz CT molecular complexity index is 593. The van der Waals surface area contributed by atoms with Crippen molar-refractivity contribution in [3.63, 3.8) is 0 Å². The molecule has 0 aliphatic carbocycles. The first-order valence-electron chi connectivity index (χ1n) is 6.99. The average Bonchev–Trinajstić information content (AvgIpc) is 2.46. The third kappa shape index (κ3) is 4.18. The molecule has 0 aliphatic rings. The number of carbonyl (C=O) groups is 1. The minimum absolute atomic E-state index is 0.0767. The third-order valence-corrected chi connectivity index (χ3v) is 4.52. The van der Waals surface area contributed by atoms with Crippen LogP contribution in [-0.4, -0.2) is 39.4 Å². The second kappa shape index (κ2) is 7.42. The van der Waals surface area contributed by atoms with E-state index in [1.165, 1.54) is 25.2 Å². The number of carbonyl (C=O) groups excluding carboxylic acids is 1. The molecule has 3 N–H and O–H groups in total. The van der Waals surface area contributed by atoms with Crippen molar-refractivity contribution in [3.8, 4) is 0 Å². The van der Waals surface area contributed by atoms with Crippen LogP contribution in [0.4, 0.5) is 5.69 Å². The van der Waals surface area contributed by atoms with E-state index in [9.17, 15) is 13.2 Å². The summed E-state index contributed by atoms with van der Waals surface area (Å²) in [5, 5.41) is 0. The molecular formula is C14H23N3O3S. The predicted molar refractivity (Wildman–Crippen MR) is 83.6 cm³/mol. The summed E-state index contributed by atoms with van der Waals surface area (Å²) in [5.41, 5.74) is 6.11. The van der Waals surface area contributed by atoms with Crippen LogP contribution in [-0.2, 0) is 10.0 Å². The van der Waals surface area contributed by atoms with Crippen molar-refractivity contribution in [1.82, 2.24) is 9.62 Å². The van der Waals surface area contributed by atoms with E-state index in [-0.39, 0.29) is 16.4 Å². The highest BCUT2D eigenvalue weighted by molar-refractivity contribution is 7.89. The Morgan fingerprint density at radius 3 is 2.29 bits per heavy atom. The second-order valence-corrected chi connectivity index (χ2v) is 6.61. The molecule has 0 bridgehead atoms. The molecule has 1 amide bonds. The summed E-state index contributed by atoms with van der Waals surface area (Å²) < 4.78 is 26.4. The fourth-order valence-corrected chi connectivity index (χ4v) is 3.03. The predicted octanol–water partition coefficient (Wildman–Crippen LogP) is 1.44. The number of nitrogens with zero attached hydrogens (tertiary/aromatic N) is 1. The van der Waals surface area contributed by atoms with Crippen LogP contribution in [0.3, 0.4) is 0 Å². The second-order valence-electron chi connectivity index (χ2n) is 4.76. The van der Waals surface area contributed by atoms with E-state index in [0.717, 1.165) is 12.8 Å². The van der Waals surface area contributed by atoms with Gasteiger partial charge in [-0.05, 0) is 38.1 Å². The van der Waals surface area contributed by atoms with Crippen LogP contribution < -0.4 is 10.5 Å². The fourth-order valence-electron chi connectivity index (χ4n) is 2.07. The SMILES string of the molecule is CCCN(CCC)C(=O)c1ccc(N)cc1S(=O)(=O)NC. The number of nitrogens with one attached hydrogen (secondary N) is 1. The topological polar surface area (TPSA) is 92.5 Å². The number of nitrogen functional groups attached to an aromatic ring is 1. The van der Waals surface area contributed by atoms with E-state index in [1.54, 1.807) is 4.90 Å². The number of amides is 1. The first kappa shape index (κ1) is 17.5. The van der Waals surface area contributed by atoms with Crippen LogP contribution in [0.5, 0.6) is 0 Å². The molecule has 0 aromatic heterocycles. The molecule has 1 aromatic carbocycles. The van der Waals surface area contributed by atoms with Gasteiger partial charge >= 0.3 is 0 Å². The fraction of sp³-hybridized carbons (Fsp3) is 0.500. The third-order valence-electron chi connectivity index (χ3n) is 3.07. The van der Waals surface area contributed by atoms with Gasteiger partial charge in [0.25, 0.3) is 5.91 Å². The number of hydrogen-bond acceptors (Lipinski definition) is 4. The zero-order chi connectivity index (χ0) is 16.0. The van der Waals surface area contributed by atoms with Crippen LogP contribution in [0.15, 0.2) is 23.1 Å². The van der Waals surface area contributed by atoms with Gasteiger partial charge in [-0.25, -0.2) is 13.1 Å². The van der Waals surface area contributed by atoms with Crippen LogP contribution in [0.2, 0.25) is 0 Å². The molecule has 0 heterocycles. The zero-order valence-corrected chi connectivity index (χ0v) is 13.5. The number of sulfonamides is 1. The summed E-state index contributed by atoms with van der Waals surface area (Å²) in [6.07, 6.45) is 1.63. The van der Waals surface area contributed by atoms with E-state index in [4.69, 9.17) is 5.73 Å². The number of hydrogen-bond donors (Lipinski definition) is 2. The smallest absolute Gasteiger partial charge is 0.255 e. The quantitative estimate of drug-likeness (QED) is 0.745. The molecule has 1 rings (SSSR count).